The van der Waals surface area contributed by atoms with Gasteiger partial charge >= 0.3 is 0 Å². The standard InChI is InChI=1S/C25H28ClN5O/c1-32-19-12-13-21-20(15-19)24(30-22-4-2-3-5-23(22)31-25(27)28)14-18(29-21)11-8-16-6-9-17(26)10-7-16/h6-15,22-23H,2-5H2,1H3,(H,29,30)(H4,27,28,31). The number of aromatic nitrogens is 1. The number of benzene rings is 2. The van der Waals surface area contributed by atoms with Crippen molar-refractivity contribution in [1.82, 2.24) is 4.98 Å². The van der Waals surface area contributed by atoms with E-state index in [1.54, 1.807) is 7.11 Å². The number of nitrogens with two attached hydrogens (primary N) is 2. The topological polar surface area (TPSA) is 98.5 Å². The maximum absolute atomic E-state index is 6.00. The first kappa shape index (κ1) is 22.0. The summed E-state index contributed by atoms with van der Waals surface area (Å²) in [6.07, 6.45) is 8.27. The van der Waals surface area contributed by atoms with Crippen molar-refractivity contribution in [2.24, 2.45) is 16.5 Å². The Morgan fingerprint density at radius 1 is 1.09 bits per heavy atom. The fourth-order valence-electron chi connectivity index (χ4n) is 4.14. The Kier molecular flexibility index (Phi) is 6.81. The summed E-state index contributed by atoms with van der Waals surface area (Å²) in [5.41, 5.74) is 15.2. The number of pyridine rings is 1. The molecular formula is C25H28ClN5O. The van der Waals surface area contributed by atoms with E-state index in [0.717, 1.165) is 59.3 Å². The zero-order valence-corrected chi connectivity index (χ0v) is 18.8. The van der Waals surface area contributed by atoms with Gasteiger partial charge in [0.25, 0.3) is 0 Å². The van der Waals surface area contributed by atoms with Crippen LogP contribution in [-0.2, 0) is 0 Å². The van der Waals surface area contributed by atoms with Crippen LogP contribution in [-0.4, -0.2) is 30.1 Å². The van der Waals surface area contributed by atoms with E-state index in [-0.39, 0.29) is 18.0 Å². The number of halogens is 1. The summed E-state index contributed by atoms with van der Waals surface area (Å²) in [5.74, 6) is 0.924. The molecule has 1 aliphatic rings. The first-order valence-electron chi connectivity index (χ1n) is 10.8. The summed E-state index contributed by atoms with van der Waals surface area (Å²) in [4.78, 5) is 9.31. The molecule has 3 aromatic rings. The number of ether oxygens (including phenoxy) is 1. The lowest BCUT2D eigenvalue weighted by molar-refractivity contribution is 0.405. The van der Waals surface area contributed by atoms with Crippen molar-refractivity contribution in [3.05, 3.63) is 64.8 Å². The van der Waals surface area contributed by atoms with E-state index < -0.39 is 0 Å². The van der Waals surface area contributed by atoms with Crippen LogP contribution in [0, 0.1) is 0 Å². The predicted molar refractivity (Wildman–Crippen MR) is 134 cm³/mol. The smallest absolute Gasteiger partial charge is 0.186 e. The maximum Gasteiger partial charge on any atom is 0.186 e. The van der Waals surface area contributed by atoms with E-state index in [4.69, 9.17) is 32.8 Å². The van der Waals surface area contributed by atoms with E-state index in [0.29, 0.717) is 5.02 Å². The molecule has 2 aromatic carbocycles. The highest BCUT2D eigenvalue weighted by Crippen LogP contribution is 2.31. The zero-order valence-electron chi connectivity index (χ0n) is 18.1. The molecule has 0 amide bonds. The Labute approximate surface area is 193 Å². The molecule has 166 valence electrons. The molecule has 1 aliphatic carbocycles. The summed E-state index contributed by atoms with van der Waals surface area (Å²) in [6.45, 7) is 0. The summed E-state index contributed by atoms with van der Waals surface area (Å²) in [6, 6.07) is 15.9. The minimum absolute atomic E-state index is 0.0515. The summed E-state index contributed by atoms with van der Waals surface area (Å²) < 4.78 is 5.45. The lowest BCUT2D eigenvalue weighted by atomic mass is 9.90. The van der Waals surface area contributed by atoms with E-state index in [1.807, 2.05) is 54.6 Å². The Hall–Kier alpha value is -3.25. The van der Waals surface area contributed by atoms with Gasteiger partial charge in [0.2, 0.25) is 0 Å². The normalized spacial score (nSPS) is 18.6. The van der Waals surface area contributed by atoms with Gasteiger partial charge < -0.3 is 21.5 Å². The van der Waals surface area contributed by atoms with Crippen LogP contribution in [0.3, 0.4) is 0 Å². The molecule has 2 atom stereocenters. The molecule has 1 heterocycles. The maximum atomic E-state index is 6.00. The third-order valence-corrected chi connectivity index (χ3v) is 5.99. The number of fused-ring (bicyclic) bond motifs is 1. The molecule has 32 heavy (non-hydrogen) atoms. The van der Waals surface area contributed by atoms with E-state index >= 15 is 0 Å². The molecule has 0 saturated heterocycles. The molecular weight excluding hydrogens is 422 g/mol. The van der Waals surface area contributed by atoms with Gasteiger partial charge in [-0.25, -0.2) is 9.98 Å². The van der Waals surface area contributed by atoms with Crippen LogP contribution in [0.15, 0.2) is 53.5 Å². The second kappa shape index (κ2) is 9.92. The van der Waals surface area contributed by atoms with E-state index in [1.165, 1.54) is 0 Å². The number of rotatable bonds is 6. The van der Waals surface area contributed by atoms with Gasteiger partial charge in [-0.2, -0.15) is 0 Å². The second-order valence-corrected chi connectivity index (χ2v) is 8.46. The molecule has 0 bridgehead atoms. The molecule has 6 nitrogen and oxygen atoms in total. The number of guanidine groups is 1. The zero-order chi connectivity index (χ0) is 22.5. The molecule has 1 fully saturated rings. The van der Waals surface area contributed by atoms with Gasteiger partial charge in [0.05, 0.1) is 24.4 Å². The fourth-order valence-corrected chi connectivity index (χ4v) is 4.26. The minimum Gasteiger partial charge on any atom is -0.497 e. The predicted octanol–water partition coefficient (Wildman–Crippen LogP) is 5.06. The molecule has 4 rings (SSSR count). The van der Waals surface area contributed by atoms with Crippen LogP contribution in [0.25, 0.3) is 23.1 Å². The first-order valence-corrected chi connectivity index (χ1v) is 11.2. The van der Waals surface area contributed by atoms with Gasteiger partial charge in [-0.15, -0.1) is 0 Å². The number of anilines is 1. The first-order chi connectivity index (χ1) is 15.5. The Bertz CT molecular complexity index is 1140. The third-order valence-electron chi connectivity index (χ3n) is 5.74. The highest BCUT2D eigenvalue weighted by molar-refractivity contribution is 6.30. The molecule has 0 aliphatic heterocycles. The fraction of sp³-hybridized carbons (Fsp3) is 0.280. The molecule has 7 heteroatoms. The average molecular weight is 450 g/mol. The number of hydrogen-bond donors (Lipinski definition) is 3. The quantitative estimate of drug-likeness (QED) is 0.360. The third kappa shape index (κ3) is 5.32. The van der Waals surface area contributed by atoms with Gasteiger partial charge in [0, 0.05) is 22.1 Å². The molecule has 5 N–H and O–H groups in total. The highest BCUT2D eigenvalue weighted by atomic mass is 35.5. The molecule has 2 unspecified atom stereocenters. The lowest BCUT2D eigenvalue weighted by Gasteiger charge is -2.31. The molecule has 0 radical (unpaired) electrons. The number of aliphatic imine (C=N–C) groups is 1. The number of nitrogens with one attached hydrogen (secondary N) is 1. The van der Waals surface area contributed by atoms with Crippen molar-refractivity contribution in [3.63, 3.8) is 0 Å². The lowest BCUT2D eigenvalue weighted by Crippen LogP contribution is -2.38. The van der Waals surface area contributed by atoms with Crippen LogP contribution in [0.1, 0.15) is 36.9 Å². The number of hydrogen-bond acceptors (Lipinski definition) is 4. The van der Waals surface area contributed by atoms with Crippen molar-refractivity contribution in [1.29, 1.82) is 0 Å². The summed E-state index contributed by atoms with van der Waals surface area (Å²) in [5, 5.41) is 5.43. The number of methoxy groups -OCH3 is 1. The van der Waals surface area contributed by atoms with Crippen molar-refractivity contribution >= 4 is 46.3 Å². The van der Waals surface area contributed by atoms with Crippen molar-refractivity contribution in [2.45, 2.75) is 37.8 Å². The molecule has 1 aromatic heterocycles. The highest BCUT2D eigenvalue weighted by Gasteiger charge is 2.25. The Morgan fingerprint density at radius 3 is 2.62 bits per heavy atom. The average Bonchev–Trinajstić information content (AvgIpc) is 2.79. The van der Waals surface area contributed by atoms with Crippen LogP contribution in [0.5, 0.6) is 5.75 Å². The van der Waals surface area contributed by atoms with E-state index in [2.05, 4.69) is 16.4 Å². The van der Waals surface area contributed by atoms with Gasteiger partial charge in [0.1, 0.15) is 5.75 Å². The van der Waals surface area contributed by atoms with E-state index in [9.17, 15) is 0 Å². The van der Waals surface area contributed by atoms with Crippen LogP contribution >= 0.6 is 11.6 Å². The monoisotopic (exact) mass is 449 g/mol. The SMILES string of the molecule is COc1ccc2nc(C=Cc3ccc(Cl)cc3)cc(NC3CCCCC3N=C(N)N)c2c1. The molecule has 1 saturated carbocycles. The van der Waals surface area contributed by atoms with Gasteiger partial charge in [-0.05, 0) is 60.9 Å². The summed E-state index contributed by atoms with van der Waals surface area (Å²) in [7, 11) is 1.67. The second-order valence-electron chi connectivity index (χ2n) is 8.02. The summed E-state index contributed by atoms with van der Waals surface area (Å²) >= 11 is 6.00. The molecule has 0 spiro atoms. The largest absolute Gasteiger partial charge is 0.497 e. The Balaban J connectivity index is 1.71. The Morgan fingerprint density at radius 2 is 1.88 bits per heavy atom. The van der Waals surface area contributed by atoms with Gasteiger partial charge in [-0.1, -0.05) is 42.7 Å². The van der Waals surface area contributed by atoms with Crippen molar-refractivity contribution < 1.29 is 4.74 Å². The van der Waals surface area contributed by atoms with Crippen LogP contribution in [0.2, 0.25) is 5.02 Å². The van der Waals surface area contributed by atoms with Gasteiger partial charge in [0.15, 0.2) is 5.96 Å². The van der Waals surface area contributed by atoms with Crippen molar-refractivity contribution in [2.75, 3.05) is 12.4 Å². The minimum atomic E-state index is 0.0515. The number of nitrogens with zero attached hydrogens (tertiary/aromatic N) is 2. The van der Waals surface area contributed by atoms with Crippen LogP contribution < -0.4 is 21.5 Å². The van der Waals surface area contributed by atoms with Crippen molar-refractivity contribution in [3.8, 4) is 5.75 Å². The van der Waals surface area contributed by atoms with Crippen LogP contribution in [0.4, 0.5) is 5.69 Å². The van der Waals surface area contributed by atoms with Gasteiger partial charge in [-0.3, -0.25) is 0 Å².